The van der Waals surface area contributed by atoms with Crippen molar-refractivity contribution in [3.05, 3.63) is 18.1 Å². The molecule has 0 amide bonds. The summed E-state index contributed by atoms with van der Waals surface area (Å²) < 4.78 is 0. The monoisotopic (exact) mass is 401 g/mol. The van der Waals surface area contributed by atoms with Gasteiger partial charge in [-0.05, 0) is 70.8 Å². The Balaban J connectivity index is 0.00000240. The van der Waals surface area contributed by atoms with Crippen molar-refractivity contribution in [1.29, 1.82) is 0 Å². The number of unbranched alkanes of at least 4 members (excludes halogenated alkanes) is 2. The number of hydrogen-bond acceptors (Lipinski definition) is 5. The minimum absolute atomic E-state index is 0. The maximum Gasteiger partial charge on any atom is 0.133 e. The van der Waals surface area contributed by atoms with Crippen LogP contribution in [0.3, 0.4) is 0 Å². The summed E-state index contributed by atoms with van der Waals surface area (Å²) in [6.07, 6.45) is 12.5. The second-order valence-corrected chi connectivity index (χ2v) is 9.09. The van der Waals surface area contributed by atoms with Crippen molar-refractivity contribution in [1.82, 2.24) is 19.8 Å². The van der Waals surface area contributed by atoms with Crippen LogP contribution in [0.4, 0.5) is 5.82 Å². The standard InChI is InChI=1S/C23H39N5.CH4/c1-3-5-6-14-27-15-11-19(12-16-27)23-24-13-10-22(25-23)28-20-8-7-9-21(28)18-26(4-2)17-20;/h10,13,19-21H,3-9,11-12,14-18H2,1-2H3;1H4. The number of fused-ring (bicyclic) bond motifs is 2. The lowest BCUT2D eigenvalue weighted by Gasteiger charge is -2.50. The molecular formula is C24H43N5. The van der Waals surface area contributed by atoms with E-state index in [9.17, 15) is 0 Å². The molecule has 4 heterocycles. The van der Waals surface area contributed by atoms with E-state index < -0.39 is 0 Å². The highest BCUT2D eigenvalue weighted by Gasteiger charge is 2.37. The van der Waals surface area contributed by atoms with Gasteiger partial charge in [0, 0.05) is 37.3 Å². The molecule has 3 aliphatic heterocycles. The molecule has 164 valence electrons. The van der Waals surface area contributed by atoms with Crippen molar-refractivity contribution in [2.24, 2.45) is 0 Å². The van der Waals surface area contributed by atoms with Gasteiger partial charge in [0.15, 0.2) is 0 Å². The fourth-order valence-corrected chi connectivity index (χ4v) is 5.53. The molecule has 0 radical (unpaired) electrons. The number of piperidine rings is 2. The van der Waals surface area contributed by atoms with E-state index in [4.69, 9.17) is 9.97 Å². The molecule has 3 aliphatic rings. The number of likely N-dealkylation sites (N-methyl/N-ethyl adjacent to an activating group) is 1. The maximum absolute atomic E-state index is 5.13. The Hall–Kier alpha value is -1.20. The van der Waals surface area contributed by atoms with Crippen LogP contribution >= 0.6 is 0 Å². The average Bonchev–Trinajstić information content (AvgIpc) is 2.73. The molecule has 3 saturated heterocycles. The van der Waals surface area contributed by atoms with E-state index in [-0.39, 0.29) is 7.43 Å². The summed E-state index contributed by atoms with van der Waals surface area (Å²) in [6.45, 7) is 11.8. The molecule has 2 bridgehead atoms. The van der Waals surface area contributed by atoms with Crippen molar-refractivity contribution >= 4 is 5.82 Å². The molecule has 2 unspecified atom stereocenters. The molecule has 0 aliphatic carbocycles. The third-order valence-electron chi connectivity index (χ3n) is 7.20. The molecule has 3 fully saturated rings. The van der Waals surface area contributed by atoms with Crippen LogP contribution in [0.1, 0.15) is 84.4 Å². The number of likely N-dealkylation sites (tertiary alicyclic amines) is 2. The number of aromatic nitrogens is 2. The molecule has 0 saturated carbocycles. The van der Waals surface area contributed by atoms with Gasteiger partial charge >= 0.3 is 0 Å². The van der Waals surface area contributed by atoms with E-state index in [1.807, 2.05) is 6.20 Å². The van der Waals surface area contributed by atoms with Crippen LogP contribution < -0.4 is 4.90 Å². The number of hydrogen-bond donors (Lipinski definition) is 0. The van der Waals surface area contributed by atoms with Crippen LogP contribution in [0.25, 0.3) is 0 Å². The minimum atomic E-state index is 0. The van der Waals surface area contributed by atoms with Crippen molar-refractivity contribution < 1.29 is 0 Å². The van der Waals surface area contributed by atoms with Gasteiger partial charge in [-0.25, -0.2) is 9.97 Å². The number of rotatable bonds is 7. The molecule has 5 nitrogen and oxygen atoms in total. The molecule has 1 aromatic heterocycles. The second-order valence-electron chi connectivity index (χ2n) is 9.09. The average molecular weight is 402 g/mol. The molecule has 5 heteroatoms. The van der Waals surface area contributed by atoms with E-state index in [2.05, 4.69) is 34.6 Å². The summed E-state index contributed by atoms with van der Waals surface area (Å²) in [5.74, 6) is 2.83. The van der Waals surface area contributed by atoms with Crippen LogP contribution in [-0.4, -0.2) is 71.1 Å². The first-order valence-corrected chi connectivity index (χ1v) is 11.8. The summed E-state index contributed by atoms with van der Waals surface area (Å²) >= 11 is 0. The molecular weight excluding hydrogens is 358 g/mol. The summed E-state index contributed by atoms with van der Waals surface area (Å²) in [5, 5.41) is 0. The molecule has 29 heavy (non-hydrogen) atoms. The molecule has 2 atom stereocenters. The summed E-state index contributed by atoms with van der Waals surface area (Å²) in [5.41, 5.74) is 0. The zero-order chi connectivity index (χ0) is 19.3. The Bertz CT molecular complexity index is 599. The van der Waals surface area contributed by atoms with Crippen LogP contribution in [0, 0.1) is 0 Å². The fourth-order valence-electron chi connectivity index (χ4n) is 5.53. The highest BCUT2D eigenvalue weighted by Crippen LogP contribution is 2.33. The second kappa shape index (κ2) is 10.7. The topological polar surface area (TPSA) is 35.5 Å². The zero-order valence-electron chi connectivity index (χ0n) is 18.0. The summed E-state index contributed by atoms with van der Waals surface area (Å²) in [4.78, 5) is 17.8. The first-order valence-electron chi connectivity index (χ1n) is 11.8. The molecule has 0 aromatic carbocycles. The van der Waals surface area contributed by atoms with Crippen LogP contribution in [0.2, 0.25) is 0 Å². The summed E-state index contributed by atoms with van der Waals surface area (Å²) in [6, 6.07) is 3.43. The predicted octanol–water partition coefficient (Wildman–Crippen LogP) is 4.55. The normalized spacial score (nSPS) is 26.3. The lowest BCUT2D eigenvalue weighted by atomic mass is 9.91. The number of nitrogens with zero attached hydrogens (tertiary/aromatic N) is 5. The Labute approximate surface area is 178 Å². The highest BCUT2D eigenvalue weighted by atomic mass is 15.3. The van der Waals surface area contributed by atoms with Crippen LogP contribution in [-0.2, 0) is 0 Å². The van der Waals surface area contributed by atoms with E-state index in [0.717, 1.165) is 5.82 Å². The molecule has 0 N–H and O–H groups in total. The van der Waals surface area contributed by atoms with E-state index >= 15 is 0 Å². The lowest BCUT2D eigenvalue weighted by Crippen LogP contribution is -2.61. The Morgan fingerprint density at radius 3 is 2.34 bits per heavy atom. The van der Waals surface area contributed by atoms with Gasteiger partial charge in [-0.3, -0.25) is 4.90 Å². The van der Waals surface area contributed by atoms with Gasteiger partial charge < -0.3 is 9.80 Å². The van der Waals surface area contributed by atoms with Gasteiger partial charge in [0.25, 0.3) is 0 Å². The number of piperazine rings is 1. The molecule has 0 spiro atoms. The van der Waals surface area contributed by atoms with Gasteiger partial charge in [0.2, 0.25) is 0 Å². The third kappa shape index (κ3) is 5.29. The van der Waals surface area contributed by atoms with Crippen molar-refractivity contribution in [2.45, 2.75) is 90.6 Å². The van der Waals surface area contributed by atoms with E-state index in [0.29, 0.717) is 18.0 Å². The quantitative estimate of drug-likeness (QED) is 0.627. The Kier molecular flexibility index (Phi) is 8.31. The van der Waals surface area contributed by atoms with Gasteiger partial charge in [-0.2, -0.15) is 0 Å². The lowest BCUT2D eigenvalue weighted by molar-refractivity contribution is 0.161. The SMILES string of the molecule is C.CCCCCN1CCC(c2nccc(N3C4CCCC3CN(CC)C4)n2)CC1. The van der Waals surface area contributed by atoms with Crippen LogP contribution in [0.15, 0.2) is 12.3 Å². The third-order valence-corrected chi connectivity index (χ3v) is 7.20. The first kappa shape index (κ1) is 22.5. The summed E-state index contributed by atoms with van der Waals surface area (Å²) in [7, 11) is 0. The zero-order valence-corrected chi connectivity index (χ0v) is 18.0. The van der Waals surface area contributed by atoms with E-state index in [1.54, 1.807) is 0 Å². The van der Waals surface area contributed by atoms with Crippen LogP contribution in [0.5, 0.6) is 0 Å². The van der Waals surface area contributed by atoms with Crippen molar-refractivity contribution in [2.75, 3.05) is 44.2 Å². The minimum Gasteiger partial charge on any atom is -0.348 e. The smallest absolute Gasteiger partial charge is 0.133 e. The largest absolute Gasteiger partial charge is 0.348 e. The van der Waals surface area contributed by atoms with Gasteiger partial charge in [0.1, 0.15) is 11.6 Å². The van der Waals surface area contributed by atoms with Crippen molar-refractivity contribution in [3.63, 3.8) is 0 Å². The van der Waals surface area contributed by atoms with Gasteiger partial charge in [0.05, 0.1) is 0 Å². The van der Waals surface area contributed by atoms with Gasteiger partial charge in [-0.15, -0.1) is 0 Å². The predicted molar refractivity (Wildman–Crippen MR) is 123 cm³/mol. The highest BCUT2D eigenvalue weighted by molar-refractivity contribution is 5.43. The molecule has 1 aromatic rings. The van der Waals surface area contributed by atoms with Gasteiger partial charge in [-0.1, -0.05) is 34.1 Å². The number of anilines is 1. The Morgan fingerprint density at radius 1 is 0.966 bits per heavy atom. The van der Waals surface area contributed by atoms with Crippen molar-refractivity contribution in [3.8, 4) is 0 Å². The maximum atomic E-state index is 5.13. The Morgan fingerprint density at radius 2 is 1.69 bits per heavy atom. The molecule has 4 rings (SSSR count). The van der Waals surface area contributed by atoms with E-state index in [1.165, 1.54) is 96.5 Å². The fraction of sp³-hybridized carbons (Fsp3) is 0.833. The first-order chi connectivity index (χ1) is 13.8.